The van der Waals surface area contributed by atoms with Crippen LogP contribution in [-0.4, -0.2) is 61.3 Å². The van der Waals surface area contributed by atoms with Crippen LogP contribution in [0.3, 0.4) is 0 Å². The molecule has 1 atom stereocenters. The van der Waals surface area contributed by atoms with E-state index in [1.165, 1.54) is 12.1 Å². The lowest BCUT2D eigenvalue weighted by Gasteiger charge is -2.27. The number of benzene rings is 2. The summed E-state index contributed by atoms with van der Waals surface area (Å²) in [6, 6.07) is 14.2. The number of methoxy groups -OCH3 is 1. The summed E-state index contributed by atoms with van der Waals surface area (Å²) < 4.78 is 32.2. The molecule has 2 heterocycles. The second-order valence-electron chi connectivity index (χ2n) is 7.42. The van der Waals surface area contributed by atoms with Crippen LogP contribution in [0.25, 0.3) is 16.9 Å². The molecule has 0 N–H and O–H groups in total. The molecular weight excluding hydrogens is 385 g/mol. The average Bonchev–Trinajstić information content (AvgIpc) is 3.18. The van der Waals surface area contributed by atoms with Gasteiger partial charge in [0.25, 0.3) is 0 Å². The van der Waals surface area contributed by atoms with E-state index in [0.29, 0.717) is 26.4 Å². The van der Waals surface area contributed by atoms with Crippen LogP contribution in [-0.2, 0) is 16.0 Å². The zero-order chi connectivity index (χ0) is 20.9. The van der Waals surface area contributed by atoms with E-state index in [-0.39, 0.29) is 11.9 Å². The maximum atomic E-state index is 13.9. The number of nitrogens with zero attached hydrogens (tertiary/aromatic N) is 3. The largest absolute Gasteiger partial charge is 0.497 e. The zero-order valence-electron chi connectivity index (χ0n) is 17.3. The molecule has 6 nitrogen and oxygen atoms in total. The first-order valence-corrected chi connectivity index (χ1v) is 9.99. The summed E-state index contributed by atoms with van der Waals surface area (Å²) in [6.45, 7) is 3.28. The maximum Gasteiger partial charge on any atom is 0.123 e. The first kappa shape index (κ1) is 20.5. The highest BCUT2D eigenvalue weighted by atomic mass is 19.1. The number of hydrogen-bond acceptors (Lipinski definition) is 5. The molecule has 30 heavy (non-hydrogen) atoms. The maximum absolute atomic E-state index is 13.9. The third kappa shape index (κ3) is 4.87. The first-order valence-electron chi connectivity index (χ1n) is 9.99. The molecule has 0 amide bonds. The highest BCUT2D eigenvalue weighted by molar-refractivity contribution is 5.63. The lowest BCUT2D eigenvalue weighted by atomic mass is 10.1. The molecule has 1 unspecified atom stereocenters. The molecule has 1 saturated heterocycles. The Kier molecular flexibility index (Phi) is 6.42. The molecule has 1 aliphatic rings. The molecule has 0 spiro atoms. The lowest BCUT2D eigenvalue weighted by molar-refractivity contribution is -0.0962. The summed E-state index contributed by atoms with van der Waals surface area (Å²) >= 11 is 0. The van der Waals surface area contributed by atoms with Crippen molar-refractivity contribution in [2.24, 2.45) is 0 Å². The van der Waals surface area contributed by atoms with Crippen LogP contribution in [0.2, 0.25) is 0 Å². The minimum Gasteiger partial charge on any atom is -0.497 e. The molecule has 3 aromatic rings. The Balaban J connectivity index is 1.61. The van der Waals surface area contributed by atoms with Gasteiger partial charge in [0.15, 0.2) is 0 Å². The summed E-state index contributed by atoms with van der Waals surface area (Å²) in [7, 11) is 3.68. The molecule has 1 aliphatic heterocycles. The molecule has 4 rings (SSSR count). The summed E-state index contributed by atoms with van der Waals surface area (Å²) in [5, 5.41) is 4.77. The zero-order valence-corrected chi connectivity index (χ0v) is 17.3. The number of aromatic nitrogens is 2. The van der Waals surface area contributed by atoms with Crippen molar-refractivity contribution in [2.45, 2.75) is 12.6 Å². The van der Waals surface area contributed by atoms with Crippen LogP contribution in [0.15, 0.2) is 54.7 Å². The van der Waals surface area contributed by atoms with E-state index in [1.807, 2.05) is 48.3 Å². The van der Waals surface area contributed by atoms with Gasteiger partial charge in [0.1, 0.15) is 11.6 Å². The average molecular weight is 411 g/mol. The Morgan fingerprint density at radius 2 is 2.03 bits per heavy atom. The van der Waals surface area contributed by atoms with Gasteiger partial charge in [-0.3, -0.25) is 4.90 Å². The van der Waals surface area contributed by atoms with Gasteiger partial charge in [-0.2, -0.15) is 5.10 Å². The topological polar surface area (TPSA) is 48.8 Å². The third-order valence-electron chi connectivity index (χ3n) is 5.07. The number of likely N-dealkylation sites (N-methyl/N-ethyl adjacent to an activating group) is 1. The third-order valence-corrected chi connectivity index (χ3v) is 5.07. The van der Waals surface area contributed by atoms with Gasteiger partial charge in [0, 0.05) is 30.4 Å². The second-order valence-corrected chi connectivity index (χ2v) is 7.42. The summed E-state index contributed by atoms with van der Waals surface area (Å²) in [5.74, 6) is 0.504. The normalized spacial score (nSPS) is 16.7. The Morgan fingerprint density at radius 3 is 2.73 bits per heavy atom. The van der Waals surface area contributed by atoms with Gasteiger partial charge in [-0.05, 0) is 43.4 Å². The second kappa shape index (κ2) is 9.38. The molecule has 1 aromatic heterocycles. The van der Waals surface area contributed by atoms with Gasteiger partial charge in [-0.15, -0.1) is 0 Å². The van der Waals surface area contributed by atoms with Crippen LogP contribution in [0.1, 0.15) is 5.56 Å². The van der Waals surface area contributed by atoms with Gasteiger partial charge in [0.2, 0.25) is 0 Å². The highest BCUT2D eigenvalue weighted by Gasteiger charge is 2.19. The minimum absolute atomic E-state index is 0.0537. The van der Waals surface area contributed by atoms with E-state index in [1.54, 1.807) is 13.2 Å². The van der Waals surface area contributed by atoms with Gasteiger partial charge in [0.05, 0.1) is 44.4 Å². The molecule has 1 fully saturated rings. The van der Waals surface area contributed by atoms with E-state index < -0.39 is 0 Å². The molecule has 0 bridgehead atoms. The monoisotopic (exact) mass is 411 g/mol. The van der Waals surface area contributed by atoms with Gasteiger partial charge >= 0.3 is 0 Å². The fourth-order valence-electron chi connectivity index (χ4n) is 3.62. The van der Waals surface area contributed by atoms with E-state index >= 15 is 0 Å². The van der Waals surface area contributed by atoms with Crippen LogP contribution in [0.4, 0.5) is 4.39 Å². The lowest BCUT2D eigenvalue weighted by Crippen LogP contribution is -2.38. The van der Waals surface area contributed by atoms with Crippen molar-refractivity contribution in [3.05, 3.63) is 66.1 Å². The number of halogens is 1. The highest BCUT2D eigenvalue weighted by Crippen LogP contribution is 2.26. The Morgan fingerprint density at radius 1 is 1.20 bits per heavy atom. The number of rotatable bonds is 7. The van der Waals surface area contributed by atoms with Crippen molar-refractivity contribution in [3.63, 3.8) is 0 Å². The predicted octanol–water partition coefficient (Wildman–Crippen LogP) is 3.53. The van der Waals surface area contributed by atoms with Gasteiger partial charge in [-0.25, -0.2) is 9.07 Å². The van der Waals surface area contributed by atoms with Crippen molar-refractivity contribution < 1.29 is 18.6 Å². The van der Waals surface area contributed by atoms with Crippen molar-refractivity contribution >= 4 is 0 Å². The molecule has 0 aliphatic carbocycles. The summed E-state index contributed by atoms with van der Waals surface area (Å²) in [4.78, 5) is 2.18. The number of ether oxygens (including phenoxy) is 3. The van der Waals surface area contributed by atoms with Crippen molar-refractivity contribution in [3.8, 4) is 22.7 Å². The smallest absolute Gasteiger partial charge is 0.123 e. The van der Waals surface area contributed by atoms with E-state index in [9.17, 15) is 4.39 Å². The molecule has 7 heteroatoms. The SMILES string of the molecule is COc1ccc(-n2cc(CN(C)CC3COCCO3)c(-c3cccc(F)c3)n2)cc1. The molecule has 2 aromatic carbocycles. The summed E-state index contributed by atoms with van der Waals surface area (Å²) in [5.41, 5.74) is 3.43. The molecule has 0 saturated carbocycles. The predicted molar refractivity (Wildman–Crippen MR) is 112 cm³/mol. The Labute approximate surface area is 175 Å². The molecular formula is C23H26FN3O3. The van der Waals surface area contributed by atoms with Crippen LogP contribution < -0.4 is 4.74 Å². The van der Waals surface area contributed by atoms with E-state index in [2.05, 4.69) is 4.90 Å². The standard InChI is InChI=1S/C23H26FN3O3/c1-26(15-22-16-29-10-11-30-22)13-18-14-27(20-6-8-21(28-2)9-7-20)25-23(18)17-4-3-5-19(24)12-17/h3-9,12,14,22H,10-11,13,15-16H2,1-2H3. The van der Waals surface area contributed by atoms with Crippen LogP contribution in [0.5, 0.6) is 5.75 Å². The van der Waals surface area contributed by atoms with Crippen molar-refractivity contribution in [1.29, 1.82) is 0 Å². The van der Waals surface area contributed by atoms with Crippen LogP contribution in [0, 0.1) is 5.82 Å². The van der Waals surface area contributed by atoms with Crippen molar-refractivity contribution in [1.82, 2.24) is 14.7 Å². The minimum atomic E-state index is -0.279. The fourth-order valence-corrected chi connectivity index (χ4v) is 3.62. The molecule has 158 valence electrons. The van der Waals surface area contributed by atoms with E-state index in [0.717, 1.165) is 34.8 Å². The summed E-state index contributed by atoms with van der Waals surface area (Å²) in [6.07, 6.45) is 2.05. The van der Waals surface area contributed by atoms with Gasteiger partial charge in [-0.1, -0.05) is 12.1 Å². The molecule has 0 radical (unpaired) electrons. The van der Waals surface area contributed by atoms with E-state index in [4.69, 9.17) is 19.3 Å². The first-order chi connectivity index (χ1) is 14.6. The fraction of sp³-hybridized carbons (Fsp3) is 0.348. The number of hydrogen-bond donors (Lipinski definition) is 0. The Bertz CT molecular complexity index is 968. The van der Waals surface area contributed by atoms with Crippen LogP contribution >= 0.6 is 0 Å². The Hall–Kier alpha value is -2.74. The quantitative estimate of drug-likeness (QED) is 0.595. The van der Waals surface area contributed by atoms with Gasteiger partial charge < -0.3 is 14.2 Å². The van der Waals surface area contributed by atoms with Crippen molar-refractivity contribution in [2.75, 3.05) is 40.5 Å².